The summed E-state index contributed by atoms with van der Waals surface area (Å²) in [5, 5.41) is 2.84. The van der Waals surface area contributed by atoms with E-state index in [1.165, 1.54) is 5.56 Å². The Balaban J connectivity index is 1.83. The number of rotatable bonds is 7. The predicted octanol–water partition coefficient (Wildman–Crippen LogP) is 3.56. The summed E-state index contributed by atoms with van der Waals surface area (Å²) in [5.41, 5.74) is 1.58. The van der Waals surface area contributed by atoms with Gasteiger partial charge in [-0.25, -0.2) is 0 Å². The molecule has 4 nitrogen and oxygen atoms in total. The van der Waals surface area contributed by atoms with Crippen molar-refractivity contribution in [3.05, 3.63) is 64.1 Å². The molecule has 0 fully saturated rings. The molecule has 0 spiro atoms. The maximum atomic E-state index is 11.9. The molecule has 0 aliphatic carbocycles. The van der Waals surface area contributed by atoms with Gasteiger partial charge in [0, 0.05) is 11.0 Å². The van der Waals surface area contributed by atoms with E-state index in [-0.39, 0.29) is 18.4 Å². The summed E-state index contributed by atoms with van der Waals surface area (Å²) >= 11 is 3.29. The number of halogens is 1. The number of ether oxygens (including phenoxy) is 1. The third kappa shape index (κ3) is 5.21. The van der Waals surface area contributed by atoms with E-state index in [1.807, 2.05) is 30.3 Å². The van der Waals surface area contributed by atoms with Crippen LogP contribution in [0.4, 0.5) is 0 Å². The molecule has 120 valence electrons. The number of carbonyl (C=O) groups excluding carboxylic acids is 2. The lowest BCUT2D eigenvalue weighted by Crippen LogP contribution is -2.32. The van der Waals surface area contributed by atoms with Crippen LogP contribution in [-0.2, 0) is 4.79 Å². The van der Waals surface area contributed by atoms with Gasteiger partial charge in [-0.15, -0.1) is 0 Å². The van der Waals surface area contributed by atoms with Gasteiger partial charge in [-0.1, -0.05) is 53.2 Å². The summed E-state index contributed by atoms with van der Waals surface area (Å²) in [4.78, 5) is 22.9. The monoisotopic (exact) mass is 375 g/mol. The Morgan fingerprint density at radius 3 is 2.70 bits per heavy atom. The van der Waals surface area contributed by atoms with Crippen LogP contribution in [0.2, 0.25) is 0 Å². The Morgan fingerprint density at radius 1 is 1.26 bits per heavy atom. The minimum absolute atomic E-state index is 0.121. The zero-order valence-corrected chi connectivity index (χ0v) is 14.4. The quantitative estimate of drug-likeness (QED) is 0.752. The van der Waals surface area contributed by atoms with Crippen LogP contribution in [0.1, 0.15) is 28.8 Å². The average molecular weight is 376 g/mol. The fourth-order valence-corrected chi connectivity index (χ4v) is 2.48. The molecule has 2 aromatic carbocycles. The van der Waals surface area contributed by atoms with Crippen LogP contribution < -0.4 is 10.1 Å². The smallest absolute Gasteiger partial charge is 0.257 e. The SMILES string of the molecule is C[C@@H](CNC(=O)COc1ccc(Br)cc1C=O)c1ccccc1. The molecule has 5 heteroatoms. The maximum Gasteiger partial charge on any atom is 0.257 e. The highest BCUT2D eigenvalue weighted by Crippen LogP contribution is 2.21. The fourth-order valence-electron chi connectivity index (χ4n) is 2.10. The molecule has 1 N–H and O–H groups in total. The first kappa shape index (κ1) is 17.2. The highest BCUT2D eigenvalue weighted by molar-refractivity contribution is 9.10. The first-order chi connectivity index (χ1) is 11.1. The van der Waals surface area contributed by atoms with Gasteiger partial charge in [0.15, 0.2) is 12.9 Å². The van der Waals surface area contributed by atoms with Crippen molar-refractivity contribution in [1.29, 1.82) is 0 Å². The fraction of sp³-hybridized carbons (Fsp3) is 0.222. The van der Waals surface area contributed by atoms with Gasteiger partial charge in [0.25, 0.3) is 5.91 Å². The summed E-state index contributed by atoms with van der Waals surface area (Å²) in [7, 11) is 0. The average Bonchev–Trinajstić information content (AvgIpc) is 2.59. The molecule has 2 aromatic rings. The third-order valence-electron chi connectivity index (χ3n) is 3.43. The summed E-state index contributed by atoms with van der Waals surface area (Å²) in [6, 6.07) is 15.1. The van der Waals surface area contributed by atoms with Gasteiger partial charge in [-0.3, -0.25) is 9.59 Å². The van der Waals surface area contributed by atoms with Crippen molar-refractivity contribution >= 4 is 28.1 Å². The first-order valence-corrected chi connectivity index (χ1v) is 8.08. The lowest BCUT2D eigenvalue weighted by atomic mass is 10.0. The number of aldehydes is 1. The number of benzene rings is 2. The summed E-state index contributed by atoms with van der Waals surface area (Å²) in [6.45, 7) is 2.47. The lowest BCUT2D eigenvalue weighted by molar-refractivity contribution is -0.123. The second-order valence-corrected chi connectivity index (χ2v) is 6.12. The minimum atomic E-state index is -0.215. The molecule has 0 aromatic heterocycles. The molecule has 0 unspecified atom stereocenters. The molecule has 0 aliphatic rings. The molecular weight excluding hydrogens is 358 g/mol. The van der Waals surface area contributed by atoms with Crippen LogP contribution in [0.5, 0.6) is 5.75 Å². The molecule has 1 atom stereocenters. The Morgan fingerprint density at radius 2 is 2.00 bits per heavy atom. The number of hydrogen-bond acceptors (Lipinski definition) is 3. The van der Waals surface area contributed by atoms with E-state index >= 15 is 0 Å². The van der Waals surface area contributed by atoms with Crippen LogP contribution in [-0.4, -0.2) is 25.3 Å². The van der Waals surface area contributed by atoms with Crippen molar-refractivity contribution in [1.82, 2.24) is 5.32 Å². The maximum absolute atomic E-state index is 11.9. The number of amides is 1. The summed E-state index contributed by atoms with van der Waals surface area (Å²) in [5.74, 6) is 0.403. The van der Waals surface area contributed by atoms with Gasteiger partial charge in [-0.05, 0) is 29.7 Å². The minimum Gasteiger partial charge on any atom is -0.483 e. The van der Waals surface area contributed by atoms with Gasteiger partial charge in [0.1, 0.15) is 5.75 Å². The number of hydrogen-bond donors (Lipinski definition) is 1. The third-order valence-corrected chi connectivity index (χ3v) is 3.92. The first-order valence-electron chi connectivity index (χ1n) is 7.29. The molecule has 0 saturated carbocycles. The molecule has 0 saturated heterocycles. The largest absolute Gasteiger partial charge is 0.483 e. The zero-order chi connectivity index (χ0) is 16.7. The van der Waals surface area contributed by atoms with Crippen LogP contribution in [0.3, 0.4) is 0 Å². The van der Waals surface area contributed by atoms with Gasteiger partial charge >= 0.3 is 0 Å². The van der Waals surface area contributed by atoms with Gasteiger partial charge in [0.2, 0.25) is 0 Å². The van der Waals surface area contributed by atoms with Crippen molar-refractivity contribution < 1.29 is 14.3 Å². The van der Waals surface area contributed by atoms with Crippen molar-refractivity contribution in [2.45, 2.75) is 12.8 Å². The number of carbonyl (C=O) groups is 2. The molecule has 2 rings (SSSR count). The molecule has 0 aliphatic heterocycles. The normalized spacial score (nSPS) is 11.6. The summed E-state index contributed by atoms with van der Waals surface area (Å²) < 4.78 is 6.20. The van der Waals surface area contributed by atoms with E-state index < -0.39 is 0 Å². The van der Waals surface area contributed by atoms with Crippen molar-refractivity contribution in [2.75, 3.05) is 13.2 Å². The topological polar surface area (TPSA) is 55.4 Å². The van der Waals surface area contributed by atoms with E-state index in [4.69, 9.17) is 4.74 Å². The van der Waals surface area contributed by atoms with Gasteiger partial charge in [-0.2, -0.15) is 0 Å². The Hall–Kier alpha value is -2.14. The van der Waals surface area contributed by atoms with Crippen LogP contribution in [0, 0.1) is 0 Å². The molecule has 1 amide bonds. The molecular formula is C18H18BrNO3. The standard InChI is InChI=1S/C18H18BrNO3/c1-13(14-5-3-2-4-6-14)10-20-18(22)12-23-17-8-7-16(19)9-15(17)11-21/h2-9,11,13H,10,12H2,1H3,(H,20,22)/t13-/m0/s1. The molecule has 0 radical (unpaired) electrons. The van der Waals surface area contributed by atoms with Gasteiger partial charge in [0.05, 0.1) is 5.56 Å². The zero-order valence-electron chi connectivity index (χ0n) is 12.8. The highest BCUT2D eigenvalue weighted by Gasteiger charge is 2.10. The second kappa shape index (κ2) is 8.48. The van der Waals surface area contributed by atoms with Gasteiger partial charge < -0.3 is 10.1 Å². The molecule has 0 heterocycles. The second-order valence-electron chi connectivity index (χ2n) is 5.20. The van der Waals surface area contributed by atoms with E-state index in [0.717, 1.165) is 4.47 Å². The predicted molar refractivity (Wildman–Crippen MR) is 92.9 cm³/mol. The van der Waals surface area contributed by atoms with Crippen molar-refractivity contribution in [2.24, 2.45) is 0 Å². The summed E-state index contributed by atoms with van der Waals surface area (Å²) in [6.07, 6.45) is 0.704. The highest BCUT2D eigenvalue weighted by atomic mass is 79.9. The molecule has 0 bridgehead atoms. The Kier molecular flexibility index (Phi) is 6.35. The van der Waals surface area contributed by atoms with Crippen molar-refractivity contribution in [3.63, 3.8) is 0 Å². The number of nitrogens with one attached hydrogen (secondary N) is 1. The van der Waals surface area contributed by atoms with E-state index in [9.17, 15) is 9.59 Å². The van der Waals surface area contributed by atoms with E-state index in [1.54, 1.807) is 18.2 Å². The van der Waals surface area contributed by atoms with E-state index in [0.29, 0.717) is 24.1 Å². The van der Waals surface area contributed by atoms with Crippen LogP contribution >= 0.6 is 15.9 Å². The van der Waals surface area contributed by atoms with Crippen LogP contribution in [0.25, 0.3) is 0 Å². The Labute approximate surface area is 144 Å². The molecule has 23 heavy (non-hydrogen) atoms. The van der Waals surface area contributed by atoms with Crippen molar-refractivity contribution in [3.8, 4) is 5.75 Å². The van der Waals surface area contributed by atoms with Crippen LogP contribution in [0.15, 0.2) is 53.0 Å². The Bertz CT molecular complexity index is 673. The van der Waals surface area contributed by atoms with E-state index in [2.05, 4.69) is 28.2 Å². The lowest BCUT2D eigenvalue weighted by Gasteiger charge is -2.14.